The molecule has 0 aromatic heterocycles. The van der Waals surface area contributed by atoms with Crippen molar-refractivity contribution in [3.8, 4) is 5.75 Å². The lowest BCUT2D eigenvalue weighted by Crippen LogP contribution is -2.43. The molecule has 0 saturated carbocycles. The van der Waals surface area contributed by atoms with Gasteiger partial charge in [0.05, 0.1) is 0 Å². The zero-order valence-electron chi connectivity index (χ0n) is 11.4. The van der Waals surface area contributed by atoms with Crippen molar-refractivity contribution in [2.45, 2.75) is 12.8 Å². The van der Waals surface area contributed by atoms with Crippen LogP contribution in [0.2, 0.25) is 5.02 Å². The first-order valence-corrected chi connectivity index (χ1v) is 7.16. The van der Waals surface area contributed by atoms with Gasteiger partial charge in [-0.25, -0.2) is 0 Å². The maximum Gasteiger partial charge on any atom is 0.313 e. The Kier molecular flexibility index (Phi) is 3.60. The molecule has 1 aliphatic rings. The first kappa shape index (κ1) is 14.0. The van der Waals surface area contributed by atoms with Crippen molar-refractivity contribution >= 4 is 17.6 Å². The van der Waals surface area contributed by atoms with Crippen molar-refractivity contribution in [1.82, 2.24) is 0 Å². The topological polar surface area (TPSA) is 46.5 Å². The van der Waals surface area contributed by atoms with Gasteiger partial charge in [-0.15, -0.1) is 0 Å². The molecule has 1 heterocycles. The van der Waals surface area contributed by atoms with E-state index in [1.165, 1.54) is 0 Å². The van der Waals surface area contributed by atoms with Crippen molar-refractivity contribution in [3.05, 3.63) is 64.7 Å². The standard InChI is InChI=1S/C17H15ClO3/c18-14-7-3-1-5-12(14)9-17(16(19)20)10-13-6-2-4-8-15(13)21-11-17/h1-8H,9-11H2,(H,19,20). The van der Waals surface area contributed by atoms with Crippen LogP contribution in [0.5, 0.6) is 5.75 Å². The Morgan fingerprint density at radius 2 is 1.90 bits per heavy atom. The second kappa shape index (κ2) is 5.41. The summed E-state index contributed by atoms with van der Waals surface area (Å²) >= 11 is 6.18. The van der Waals surface area contributed by atoms with Gasteiger partial charge in [-0.3, -0.25) is 4.79 Å². The van der Waals surface area contributed by atoms with Crippen LogP contribution in [0.3, 0.4) is 0 Å². The van der Waals surface area contributed by atoms with Crippen LogP contribution in [0.25, 0.3) is 0 Å². The molecule has 0 aliphatic carbocycles. The first-order valence-electron chi connectivity index (χ1n) is 6.78. The third kappa shape index (κ3) is 2.61. The fourth-order valence-corrected chi connectivity index (χ4v) is 2.96. The number of carboxylic acids is 1. The van der Waals surface area contributed by atoms with Gasteiger partial charge in [0.15, 0.2) is 0 Å². The lowest BCUT2D eigenvalue weighted by atomic mass is 9.75. The van der Waals surface area contributed by atoms with Crippen LogP contribution in [0.15, 0.2) is 48.5 Å². The second-order valence-corrected chi connectivity index (χ2v) is 5.83. The molecule has 1 N–H and O–H groups in total. The maximum absolute atomic E-state index is 11.9. The number of aliphatic carboxylic acids is 1. The Labute approximate surface area is 128 Å². The molecule has 3 nitrogen and oxygen atoms in total. The van der Waals surface area contributed by atoms with Gasteiger partial charge in [-0.05, 0) is 36.1 Å². The molecule has 108 valence electrons. The van der Waals surface area contributed by atoms with Crippen LogP contribution < -0.4 is 4.74 Å². The van der Waals surface area contributed by atoms with E-state index in [0.717, 1.165) is 16.9 Å². The summed E-state index contributed by atoms with van der Waals surface area (Å²) in [6.07, 6.45) is 0.806. The van der Waals surface area contributed by atoms with Crippen LogP contribution in [-0.2, 0) is 17.6 Å². The van der Waals surface area contributed by atoms with Crippen molar-refractivity contribution in [3.63, 3.8) is 0 Å². The number of carbonyl (C=O) groups is 1. The van der Waals surface area contributed by atoms with Crippen molar-refractivity contribution in [2.24, 2.45) is 5.41 Å². The number of hydrogen-bond acceptors (Lipinski definition) is 2. The van der Waals surface area contributed by atoms with Gasteiger partial charge in [0.25, 0.3) is 0 Å². The average Bonchev–Trinajstić information content (AvgIpc) is 2.49. The van der Waals surface area contributed by atoms with Crippen LogP contribution >= 0.6 is 11.6 Å². The van der Waals surface area contributed by atoms with Gasteiger partial charge in [-0.2, -0.15) is 0 Å². The molecule has 0 fully saturated rings. The largest absolute Gasteiger partial charge is 0.492 e. The lowest BCUT2D eigenvalue weighted by molar-refractivity contribution is -0.151. The highest BCUT2D eigenvalue weighted by molar-refractivity contribution is 6.31. The van der Waals surface area contributed by atoms with Crippen LogP contribution in [-0.4, -0.2) is 17.7 Å². The highest BCUT2D eigenvalue weighted by Crippen LogP contribution is 2.38. The van der Waals surface area contributed by atoms with Crippen LogP contribution in [0, 0.1) is 5.41 Å². The van der Waals surface area contributed by atoms with Gasteiger partial charge in [-0.1, -0.05) is 48.0 Å². The number of benzene rings is 2. The number of halogens is 1. The predicted octanol–water partition coefficient (Wildman–Crippen LogP) is 3.59. The Hall–Kier alpha value is -2.00. The molecule has 0 radical (unpaired) electrons. The monoisotopic (exact) mass is 302 g/mol. The zero-order chi connectivity index (χ0) is 14.9. The van der Waals surface area contributed by atoms with Crippen molar-refractivity contribution in [1.29, 1.82) is 0 Å². The molecular weight excluding hydrogens is 288 g/mol. The van der Waals surface area contributed by atoms with E-state index < -0.39 is 11.4 Å². The van der Waals surface area contributed by atoms with Gasteiger partial charge in [0.2, 0.25) is 0 Å². The van der Waals surface area contributed by atoms with Crippen LogP contribution in [0.4, 0.5) is 0 Å². The molecule has 0 amide bonds. The molecule has 1 atom stereocenters. The third-order valence-corrected chi connectivity index (χ3v) is 4.31. The molecule has 1 unspecified atom stereocenters. The third-order valence-electron chi connectivity index (χ3n) is 3.95. The Morgan fingerprint density at radius 3 is 2.67 bits per heavy atom. The quantitative estimate of drug-likeness (QED) is 0.942. The van der Waals surface area contributed by atoms with E-state index in [2.05, 4.69) is 0 Å². The molecule has 0 bridgehead atoms. The number of rotatable bonds is 3. The summed E-state index contributed by atoms with van der Waals surface area (Å²) in [5.74, 6) is -0.0783. The zero-order valence-corrected chi connectivity index (χ0v) is 12.1. The van der Waals surface area contributed by atoms with Crippen LogP contribution in [0.1, 0.15) is 11.1 Å². The Morgan fingerprint density at radius 1 is 1.19 bits per heavy atom. The molecule has 3 rings (SSSR count). The fraction of sp³-hybridized carbons (Fsp3) is 0.235. The van der Waals surface area contributed by atoms with E-state index in [1.54, 1.807) is 6.07 Å². The molecule has 2 aromatic rings. The summed E-state index contributed by atoms with van der Waals surface area (Å²) < 4.78 is 5.69. The van der Waals surface area contributed by atoms with Gasteiger partial charge in [0.1, 0.15) is 17.8 Å². The number of carboxylic acid groups (broad SMARTS) is 1. The number of ether oxygens (including phenoxy) is 1. The molecular formula is C17H15ClO3. The minimum Gasteiger partial charge on any atom is -0.492 e. The molecule has 0 spiro atoms. The van der Waals surface area contributed by atoms with E-state index in [-0.39, 0.29) is 6.61 Å². The average molecular weight is 303 g/mol. The van der Waals surface area contributed by atoms with E-state index in [9.17, 15) is 9.90 Å². The number of hydrogen-bond donors (Lipinski definition) is 1. The molecule has 21 heavy (non-hydrogen) atoms. The summed E-state index contributed by atoms with van der Waals surface area (Å²) in [6.45, 7) is 0.157. The minimum absolute atomic E-state index is 0.157. The summed E-state index contributed by atoms with van der Waals surface area (Å²) in [4.78, 5) is 11.9. The van der Waals surface area contributed by atoms with Crippen molar-refractivity contribution < 1.29 is 14.6 Å². The van der Waals surface area contributed by atoms with E-state index >= 15 is 0 Å². The molecule has 2 aromatic carbocycles. The lowest BCUT2D eigenvalue weighted by Gasteiger charge is -2.34. The first-order chi connectivity index (χ1) is 10.1. The second-order valence-electron chi connectivity index (χ2n) is 5.43. The van der Waals surface area contributed by atoms with Gasteiger partial charge < -0.3 is 9.84 Å². The van der Waals surface area contributed by atoms with E-state index in [0.29, 0.717) is 17.9 Å². The number of para-hydroxylation sites is 1. The Balaban J connectivity index is 1.96. The SMILES string of the molecule is O=C(O)C1(Cc2ccccc2Cl)COc2ccccc2C1. The van der Waals surface area contributed by atoms with Crippen molar-refractivity contribution in [2.75, 3.05) is 6.61 Å². The highest BCUT2D eigenvalue weighted by atomic mass is 35.5. The number of fused-ring (bicyclic) bond motifs is 1. The summed E-state index contributed by atoms with van der Waals surface area (Å²) in [5, 5.41) is 10.3. The Bertz CT molecular complexity index is 683. The van der Waals surface area contributed by atoms with Gasteiger partial charge in [0, 0.05) is 5.02 Å². The summed E-state index contributed by atoms with van der Waals surface area (Å²) in [7, 11) is 0. The molecule has 1 aliphatic heterocycles. The van der Waals surface area contributed by atoms with E-state index in [4.69, 9.17) is 16.3 Å². The predicted molar refractivity (Wildman–Crippen MR) is 80.9 cm³/mol. The van der Waals surface area contributed by atoms with Gasteiger partial charge >= 0.3 is 5.97 Å². The fourth-order valence-electron chi connectivity index (χ4n) is 2.75. The normalized spacial score (nSPS) is 20.4. The molecule has 4 heteroatoms. The minimum atomic E-state index is -0.973. The smallest absolute Gasteiger partial charge is 0.313 e. The summed E-state index contributed by atoms with van der Waals surface area (Å²) in [6, 6.07) is 14.9. The maximum atomic E-state index is 11.9. The highest BCUT2D eigenvalue weighted by Gasteiger charge is 2.43. The molecule has 0 saturated heterocycles. The summed E-state index contributed by atoms with van der Waals surface area (Å²) in [5.41, 5.74) is 0.794. The van der Waals surface area contributed by atoms with E-state index in [1.807, 2.05) is 42.5 Å².